The number of anilines is 2. The average Bonchev–Trinajstić information content (AvgIpc) is 3.12. The first-order chi connectivity index (χ1) is 24.5. The van der Waals surface area contributed by atoms with Gasteiger partial charge in [0, 0.05) is 38.2 Å². The molecule has 4 rings (SSSR count). The number of nitrogens with zero attached hydrogens (tertiary/aromatic N) is 3. The van der Waals surface area contributed by atoms with E-state index < -0.39 is 0 Å². The van der Waals surface area contributed by atoms with Gasteiger partial charge in [0.25, 0.3) is 11.8 Å². The van der Waals surface area contributed by atoms with Crippen LogP contribution < -0.4 is 30.2 Å². The number of methoxy groups -OCH3 is 1. The van der Waals surface area contributed by atoms with Gasteiger partial charge in [-0.25, -0.2) is 0 Å². The second kappa shape index (κ2) is 22.2. The minimum Gasteiger partial charge on any atom is -0.495 e. The third kappa shape index (κ3) is 12.8. The molecule has 0 aliphatic carbocycles. The molecule has 1 aliphatic rings. The lowest BCUT2D eigenvalue weighted by Crippen LogP contribution is -2.44. The number of rotatable bonds is 17. The number of halogens is 2. The monoisotopic (exact) mass is 773 g/mol. The molecule has 1 aliphatic heterocycles. The second-order valence-electron chi connectivity index (χ2n) is 13.4. The number of hydrogen-bond acceptors (Lipinski definition) is 8. The van der Waals surface area contributed by atoms with Crippen molar-refractivity contribution < 1.29 is 28.6 Å². The number of nitrogens with one attached hydrogen (secondary N) is 1. The summed E-state index contributed by atoms with van der Waals surface area (Å²) >= 11 is 0. The van der Waals surface area contributed by atoms with E-state index >= 15 is 0 Å². The number of benzene rings is 3. The Balaban J connectivity index is 0.00000486. The van der Waals surface area contributed by atoms with E-state index in [4.69, 9.17) is 19.9 Å². The highest BCUT2D eigenvalue weighted by atomic mass is 35.5. The fraction of sp³-hybridized carbons (Fsp3) is 0.475. The number of hydrogen-bond donors (Lipinski definition) is 2. The smallest absolute Gasteiger partial charge is 0.259 e. The number of aryl methyl sites for hydroxylation is 1. The first-order valence-corrected chi connectivity index (χ1v) is 17.9. The summed E-state index contributed by atoms with van der Waals surface area (Å²) in [6.45, 7) is 6.51. The van der Waals surface area contributed by atoms with E-state index in [1.807, 2.05) is 43.0 Å². The standard InChI is InChI=1S/C40H55N5O6.2ClH/c1-28-15-18-34(37(26-28)50-25-11-7-8-14-38(46)45-23-20-31(21-24-45)43(3)4)44(5)40(48)30-16-17-33(36(27-30)49-6)42-39(47)32-12-9-10-13-35(32)51-29(2)19-22-41;;/h9-10,12-13,15-18,26-27,29,31H,7-8,11,14,19-25,41H2,1-6H3,(H,42,47);2*1H/t29-;;/m0../s1. The number of para-hydroxylation sites is 1. The van der Waals surface area contributed by atoms with Crippen molar-refractivity contribution in [2.45, 2.75) is 70.9 Å². The molecule has 0 aromatic heterocycles. The summed E-state index contributed by atoms with van der Waals surface area (Å²) in [5.74, 6) is 1.03. The summed E-state index contributed by atoms with van der Waals surface area (Å²) in [7, 11) is 7.40. The predicted octanol–water partition coefficient (Wildman–Crippen LogP) is 6.98. The molecular weight excluding hydrogens is 717 g/mol. The van der Waals surface area contributed by atoms with E-state index in [9.17, 15) is 14.4 Å². The Morgan fingerprint density at radius 2 is 1.64 bits per heavy atom. The molecule has 3 amide bonds. The molecule has 3 aromatic rings. The quantitative estimate of drug-likeness (QED) is 0.141. The van der Waals surface area contributed by atoms with Gasteiger partial charge in [-0.15, -0.1) is 24.8 Å². The van der Waals surface area contributed by atoms with E-state index in [0.29, 0.717) is 71.8 Å². The molecule has 3 aromatic carbocycles. The Hall–Kier alpha value is -4.03. The maximum Gasteiger partial charge on any atom is 0.259 e. The maximum atomic E-state index is 13.7. The topological polar surface area (TPSA) is 127 Å². The molecule has 13 heteroatoms. The Morgan fingerprint density at radius 3 is 2.32 bits per heavy atom. The van der Waals surface area contributed by atoms with Gasteiger partial charge in [0.2, 0.25) is 5.91 Å². The van der Waals surface area contributed by atoms with Crippen LogP contribution in [0.3, 0.4) is 0 Å². The van der Waals surface area contributed by atoms with Crippen LogP contribution in [0.25, 0.3) is 0 Å². The van der Waals surface area contributed by atoms with Crippen LogP contribution >= 0.6 is 24.8 Å². The molecule has 0 bridgehead atoms. The zero-order chi connectivity index (χ0) is 36.9. The largest absolute Gasteiger partial charge is 0.495 e. The third-order valence-corrected chi connectivity index (χ3v) is 9.35. The second-order valence-corrected chi connectivity index (χ2v) is 13.4. The molecule has 0 radical (unpaired) electrons. The number of carbonyl (C=O) groups is 3. The predicted molar refractivity (Wildman–Crippen MR) is 217 cm³/mol. The number of unbranched alkanes of at least 4 members (excludes halogenated alkanes) is 2. The number of ether oxygens (including phenoxy) is 3. The molecule has 1 heterocycles. The van der Waals surface area contributed by atoms with Crippen molar-refractivity contribution in [1.29, 1.82) is 0 Å². The van der Waals surface area contributed by atoms with Gasteiger partial charge >= 0.3 is 0 Å². The normalized spacial score (nSPS) is 13.3. The number of carbonyl (C=O) groups excluding carboxylic acids is 3. The highest BCUT2D eigenvalue weighted by Gasteiger charge is 2.24. The van der Waals surface area contributed by atoms with Gasteiger partial charge in [-0.1, -0.05) is 18.2 Å². The molecule has 0 unspecified atom stereocenters. The van der Waals surface area contributed by atoms with Crippen LogP contribution in [-0.4, -0.2) is 94.2 Å². The summed E-state index contributed by atoms with van der Waals surface area (Å²) in [6.07, 6.45) is 5.62. The van der Waals surface area contributed by atoms with Gasteiger partial charge in [0.1, 0.15) is 17.2 Å². The van der Waals surface area contributed by atoms with Gasteiger partial charge in [-0.3, -0.25) is 14.4 Å². The van der Waals surface area contributed by atoms with Crippen molar-refractivity contribution in [3.63, 3.8) is 0 Å². The van der Waals surface area contributed by atoms with Crippen LogP contribution in [0.5, 0.6) is 17.2 Å². The van der Waals surface area contributed by atoms with Gasteiger partial charge < -0.3 is 40.0 Å². The first-order valence-electron chi connectivity index (χ1n) is 17.9. The van der Waals surface area contributed by atoms with Crippen LogP contribution in [0.4, 0.5) is 11.4 Å². The van der Waals surface area contributed by atoms with E-state index in [1.165, 1.54) is 7.11 Å². The van der Waals surface area contributed by atoms with Gasteiger partial charge in [0.15, 0.2) is 0 Å². The molecule has 1 fully saturated rings. The van der Waals surface area contributed by atoms with Crippen molar-refractivity contribution in [1.82, 2.24) is 9.80 Å². The minimum atomic E-state index is -0.367. The van der Waals surface area contributed by atoms with Crippen molar-refractivity contribution in [2.24, 2.45) is 5.73 Å². The summed E-state index contributed by atoms with van der Waals surface area (Å²) in [4.78, 5) is 45.5. The summed E-state index contributed by atoms with van der Waals surface area (Å²) in [5.41, 5.74) is 8.49. The zero-order valence-corrected chi connectivity index (χ0v) is 33.5. The Labute approximate surface area is 327 Å². The molecule has 0 spiro atoms. The number of amides is 3. The fourth-order valence-electron chi connectivity index (χ4n) is 6.23. The molecule has 1 saturated heterocycles. The highest BCUT2D eigenvalue weighted by molar-refractivity contribution is 6.09. The zero-order valence-electron chi connectivity index (χ0n) is 31.9. The van der Waals surface area contributed by atoms with Crippen LogP contribution in [0.1, 0.15) is 78.1 Å². The van der Waals surface area contributed by atoms with Crippen molar-refractivity contribution in [3.8, 4) is 17.2 Å². The Morgan fingerprint density at radius 1 is 0.925 bits per heavy atom. The maximum absolute atomic E-state index is 13.7. The lowest BCUT2D eigenvalue weighted by Gasteiger charge is -2.35. The van der Waals surface area contributed by atoms with E-state index in [-0.39, 0.29) is 48.6 Å². The number of piperidine rings is 1. The fourth-order valence-corrected chi connectivity index (χ4v) is 6.23. The SMILES string of the molecule is COc1cc(C(=O)N(C)c2ccc(C)cc2OCCCCCC(=O)N2CCC(N(C)C)CC2)ccc1NC(=O)c1ccccc1O[C@@H](C)CCN.Cl.Cl. The lowest BCUT2D eigenvalue weighted by atomic mass is 10.0. The molecule has 0 saturated carbocycles. The summed E-state index contributed by atoms with van der Waals surface area (Å²) < 4.78 is 17.8. The van der Waals surface area contributed by atoms with Gasteiger partial charge in [0.05, 0.1) is 36.8 Å². The van der Waals surface area contributed by atoms with Crippen LogP contribution in [-0.2, 0) is 4.79 Å². The van der Waals surface area contributed by atoms with Gasteiger partial charge in [-0.2, -0.15) is 0 Å². The first kappa shape index (κ1) is 45.1. The third-order valence-electron chi connectivity index (χ3n) is 9.35. The number of likely N-dealkylation sites (tertiary alicyclic amines) is 1. The lowest BCUT2D eigenvalue weighted by molar-refractivity contribution is -0.132. The van der Waals surface area contributed by atoms with Crippen LogP contribution in [0.2, 0.25) is 0 Å². The van der Waals surface area contributed by atoms with Gasteiger partial charge in [-0.05, 0) is 121 Å². The van der Waals surface area contributed by atoms with E-state index in [1.54, 1.807) is 48.3 Å². The van der Waals surface area contributed by atoms with Crippen molar-refractivity contribution in [3.05, 3.63) is 77.4 Å². The molecule has 292 valence electrons. The average molecular weight is 775 g/mol. The minimum absolute atomic E-state index is 0. The van der Waals surface area contributed by atoms with Crippen molar-refractivity contribution >= 4 is 53.9 Å². The van der Waals surface area contributed by atoms with E-state index in [0.717, 1.165) is 50.8 Å². The van der Waals surface area contributed by atoms with Crippen LogP contribution in [0.15, 0.2) is 60.7 Å². The molecule has 53 heavy (non-hydrogen) atoms. The molecular formula is C40H57Cl2N5O6. The Kier molecular flexibility index (Phi) is 18.9. The molecule has 3 N–H and O–H groups in total. The molecule has 11 nitrogen and oxygen atoms in total. The Bertz CT molecular complexity index is 1630. The van der Waals surface area contributed by atoms with E-state index in [2.05, 4.69) is 24.3 Å². The summed E-state index contributed by atoms with van der Waals surface area (Å²) in [5, 5.41) is 2.90. The number of nitrogens with two attached hydrogens (primary N) is 1. The summed E-state index contributed by atoms with van der Waals surface area (Å²) in [6, 6.07) is 18.2. The molecule has 1 atom stereocenters. The highest BCUT2D eigenvalue weighted by Crippen LogP contribution is 2.33. The van der Waals surface area contributed by atoms with Crippen molar-refractivity contribution in [2.75, 3.05) is 64.7 Å². The van der Waals surface area contributed by atoms with Crippen LogP contribution in [0, 0.1) is 6.92 Å².